The number of nitrogens with zero attached hydrogens (tertiary/aromatic N) is 2. The normalized spacial score (nSPS) is 15.2. The number of thioether (sulfide) groups is 1. The third-order valence-corrected chi connectivity index (χ3v) is 6.51. The van der Waals surface area contributed by atoms with Crippen molar-refractivity contribution in [2.24, 2.45) is 4.99 Å². The van der Waals surface area contributed by atoms with Gasteiger partial charge in [-0.05, 0) is 78.9 Å². The Bertz CT molecular complexity index is 1360. The monoisotopic (exact) mass is 549 g/mol. The van der Waals surface area contributed by atoms with Crippen LogP contribution in [-0.4, -0.2) is 55.4 Å². The zero-order valence-corrected chi connectivity index (χ0v) is 22.4. The summed E-state index contributed by atoms with van der Waals surface area (Å²) in [6, 6.07) is 20.1. The van der Waals surface area contributed by atoms with Gasteiger partial charge in [0, 0.05) is 12.3 Å². The summed E-state index contributed by atoms with van der Waals surface area (Å²) in [5.41, 5.74) is 1.93. The number of amides is 2. The molecule has 0 radical (unpaired) electrons. The minimum atomic E-state index is -0.403. The molecule has 0 aliphatic carbocycles. The van der Waals surface area contributed by atoms with Gasteiger partial charge in [0.05, 0.1) is 30.9 Å². The number of nitrogens with one attached hydrogen (secondary N) is 1. The highest BCUT2D eigenvalue weighted by atomic mass is 32.2. The van der Waals surface area contributed by atoms with E-state index in [2.05, 4.69) is 10.3 Å². The second kappa shape index (κ2) is 13.6. The van der Waals surface area contributed by atoms with Gasteiger partial charge in [-0.1, -0.05) is 24.3 Å². The van der Waals surface area contributed by atoms with E-state index >= 15 is 0 Å². The van der Waals surface area contributed by atoms with E-state index in [1.54, 1.807) is 29.2 Å². The van der Waals surface area contributed by atoms with Gasteiger partial charge in [-0.2, -0.15) is 0 Å². The van der Waals surface area contributed by atoms with Gasteiger partial charge in [-0.3, -0.25) is 14.5 Å². The zero-order chi connectivity index (χ0) is 27.6. The number of hydrogen-bond acceptors (Lipinski definition) is 7. The van der Waals surface area contributed by atoms with E-state index in [9.17, 15) is 14.0 Å². The summed E-state index contributed by atoms with van der Waals surface area (Å²) in [4.78, 5) is 32.3. The number of ether oxygens (including phenoxy) is 3. The maximum Gasteiger partial charge on any atom is 0.266 e. The first-order valence-electron chi connectivity index (χ1n) is 12.3. The van der Waals surface area contributed by atoms with Crippen LogP contribution in [0.4, 0.5) is 15.8 Å². The number of rotatable bonds is 11. The minimum Gasteiger partial charge on any atom is -0.493 e. The Morgan fingerprint density at radius 3 is 2.56 bits per heavy atom. The molecule has 0 unspecified atom stereocenters. The summed E-state index contributed by atoms with van der Waals surface area (Å²) in [6.07, 6.45) is 1.77. The predicted molar refractivity (Wildman–Crippen MR) is 151 cm³/mol. The molecule has 0 bridgehead atoms. The van der Waals surface area contributed by atoms with Crippen LogP contribution in [0.1, 0.15) is 12.5 Å². The van der Waals surface area contributed by atoms with Crippen molar-refractivity contribution < 1.29 is 28.2 Å². The molecule has 2 amide bonds. The first kappa shape index (κ1) is 27.9. The SMILES string of the molecule is CCOCCN1C(=O)/C(=C/c2ccc(OCC(=O)Nc3ccc(F)cc3)c(OC)c2)SC1=Nc1ccccc1. The van der Waals surface area contributed by atoms with Gasteiger partial charge in [0.1, 0.15) is 5.82 Å². The van der Waals surface area contributed by atoms with Gasteiger partial charge in [0.2, 0.25) is 0 Å². The van der Waals surface area contributed by atoms with Gasteiger partial charge in [0.15, 0.2) is 23.3 Å². The molecule has 0 atom stereocenters. The van der Waals surface area contributed by atoms with E-state index in [1.165, 1.54) is 43.1 Å². The summed E-state index contributed by atoms with van der Waals surface area (Å²) >= 11 is 1.29. The molecule has 1 fully saturated rings. The van der Waals surface area contributed by atoms with Crippen LogP contribution in [0, 0.1) is 5.82 Å². The fourth-order valence-corrected chi connectivity index (χ4v) is 4.64. The molecule has 1 N–H and O–H groups in total. The number of amidine groups is 1. The standard InChI is InChI=1S/C29H28FN3O5S/c1-3-37-16-15-33-28(35)26(39-29(33)32-22-7-5-4-6-8-22)18-20-9-14-24(25(17-20)36-2)38-19-27(34)31-23-12-10-21(30)11-13-23/h4-14,17-18H,3,15-16,19H2,1-2H3,(H,31,34)/b26-18-,32-29?. The lowest BCUT2D eigenvalue weighted by Gasteiger charge is -2.15. The van der Waals surface area contributed by atoms with E-state index in [1.807, 2.05) is 37.3 Å². The van der Waals surface area contributed by atoms with Crippen molar-refractivity contribution in [3.63, 3.8) is 0 Å². The van der Waals surface area contributed by atoms with E-state index in [0.717, 1.165) is 11.3 Å². The van der Waals surface area contributed by atoms with Crippen molar-refractivity contribution in [2.75, 3.05) is 38.8 Å². The lowest BCUT2D eigenvalue weighted by Crippen LogP contribution is -2.32. The first-order valence-corrected chi connectivity index (χ1v) is 13.1. The van der Waals surface area contributed by atoms with E-state index < -0.39 is 5.91 Å². The second-order valence-corrected chi connectivity index (χ2v) is 9.26. The highest BCUT2D eigenvalue weighted by Gasteiger charge is 2.33. The lowest BCUT2D eigenvalue weighted by molar-refractivity contribution is -0.122. The van der Waals surface area contributed by atoms with Crippen LogP contribution in [0.3, 0.4) is 0 Å². The molecular weight excluding hydrogens is 521 g/mol. The van der Waals surface area contributed by atoms with Crippen LogP contribution in [0.2, 0.25) is 0 Å². The molecule has 3 aromatic rings. The largest absolute Gasteiger partial charge is 0.493 e. The van der Waals surface area contributed by atoms with Gasteiger partial charge in [-0.25, -0.2) is 9.38 Å². The maximum absolute atomic E-state index is 13.3. The van der Waals surface area contributed by atoms with Gasteiger partial charge < -0.3 is 19.5 Å². The Balaban J connectivity index is 1.47. The number of methoxy groups -OCH3 is 1. The maximum atomic E-state index is 13.3. The molecule has 4 rings (SSSR count). The molecule has 1 aliphatic rings. The average Bonchev–Trinajstić information content (AvgIpc) is 3.23. The number of hydrogen-bond donors (Lipinski definition) is 1. The summed E-state index contributed by atoms with van der Waals surface area (Å²) in [5.74, 6) is -0.185. The van der Waals surface area contributed by atoms with Crippen LogP contribution in [0.15, 0.2) is 82.7 Å². The van der Waals surface area contributed by atoms with Crippen molar-refractivity contribution in [1.29, 1.82) is 0 Å². The molecule has 202 valence electrons. The minimum absolute atomic E-state index is 0.161. The zero-order valence-electron chi connectivity index (χ0n) is 21.6. The van der Waals surface area contributed by atoms with Crippen molar-refractivity contribution in [3.8, 4) is 11.5 Å². The Morgan fingerprint density at radius 2 is 1.85 bits per heavy atom. The predicted octanol–water partition coefficient (Wildman–Crippen LogP) is 5.49. The molecule has 0 saturated carbocycles. The summed E-state index contributed by atoms with van der Waals surface area (Å²) in [6.45, 7) is 2.99. The van der Waals surface area contributed by atoms with Gasteiger partial charge >= 0.3 is 0 Å². The summed E-state index contributed by atoms with van der Waals surface area (Å²) in [5, 5.41) is 3.22. The molecule has 3 aromatic carbocycles. The highest BCUT2D eigenvalue weighted by molar-refractivity contribution is 8.18. The fourth-order valence-electron chi connectivity index (χ4n) is 3.62. The summed E-state index contributed by atoms with van der Waals surface area (Å²) < 4.78 is 29.6. The van der Waals surface area contributed by atoms with Crippen molar-refractivity contribution in [2.45, 2.75) is 6.92 Å². The van der Waals surface area contributed by atoms with Gasteiger partial charge in [-0.15, -0.1) is 0 Å². The third-order valence-electron chi connectivity index (χ3n) is 5.50. The molecule has 39 heavy (non-hydrogen) atoms. The number of carbonyl (C=O) groups excluding carboxylic acids is 2. The number of benzene rings is 3. The Kier molecular flexibility index (Phi) is 9.71. The van der Waals surface area contributed by atoms with Crippen LogP contribution in [0.5, 0.6) is 11.5 Å². The summed E-state index contributed by atoms with van der Waals surface area (Å²) in [7, 11) is 1.49. The third kappa shape index (κ3) is 7.68. The second-order valence-electron chi connectivity index (χ2n) is 8.25. The Morgan fingerprint density at radius 1 is 1.08 bits per heavy atom. The van der Waals surface area contributed by atoms with E-state index in [0.29, 0.717) is 47.0 Å². The van der Waals surface area contributed by atoms with Crippen LogP contribution >= 0.6 is 11.8 Å². The van der Waals surface area contributed by atoms with Gasteiger partial charge in [0.25, 0.3) is 11.8 Å². The fraction of sp³-hybridized carbons (Fsp3) is 0.207. The van der Waals surface area contributed by atoms with E-state index in [4.69, 9.17) is 14.2 Å². The first-order chi connectivity index (χ1) is 19.0. The van der Waals surface area contributed by atoms with E-state index in [-0.39, 0.29) is 18.3 Å². The quantitative estimate of drug-likeness (QED) is 0.251. The Hall–Kier alpha value is -4.15. The van der Waals surface area contributed by atoms with Crippen LogP contribution < -0.4 is 14.8 Å². The average molecular weight is 550 g/mol. The topological polar surface area (TPSA) is 89.5 Å². The Labute approximate surface area is 230 Å². The molecule has 1 aliphatic heterocycles. The molecule has 1 saturated heterocycles. The van der Waals surface area contributed by atoms with Crippen molar-refractivity contribution in [3.05, 3.63) is 89.1 Å². The molecule has 0 aromatic heterocycles. The number of para-hydroxylation sites is 1. The molecule has 0 spiro atoms. The van der Waals surface area contributed by atoms with Crippen molar-refractivity contribution >= 4 is 46.2 Å². The molecule has 1 heterocycles. The number of anilines is 1. The number of aliphatic imine (C=N–C) groups is 1. The number of carbonyl (C=O) groups is 2. The van der Waals surface area contributed by atoms with Crippen molar-refractivity contribution in [1.82, 2.24) is 4.90 Å². The molecule has 10 heteroatoms. The smallest absolute Gasteiger partial charge is 0.266 e. The highest BCUT2D eigenvalue weighted by Crippen LogP contribution is 2.35. The molecule has 8 nitrogen and oxygen atoms in total. The lowest BCUT2D eigenvalue weighted by atomic mass is 10.2. The molecular formula is C29H28FN3O5S. The van der Waals surface area contributed by atoms with Crippen LogP contribution in [0.25, 0.3) is 6.08 Å². The van der Waals surface area contributed by atoms with Crippen LogP contribution in [-0.2, 0) is 14.3 Å². The number of halogens is 1.